The summed E-state index contributed by atoms with van der Waals surface area (Å²) in [4.78, 5) is 24.3. The molecule has 0 heterocycles. The molecule has 9 heteroatoms. The molecule has 176 valence electrons. The van der Waals surface area contributed by atoms with Crippen LogP contribution in [0.3, 0.4) is 0 Å². The van der Waals surface area contributed by atoms with Crippen LogP contribution in [0.15, 0.2) is 76.3 Å². The van der Waals surface area contributed by atoms with Gasteiger partial charge in [0.15, 0.2) is 11.5 Å². The number of benzene rings is 3. The maximum atomic E-state index is 12.2. The van der Waals surface area contributed by atoms with E-state index in [2.05, 4.69) is 31.8 Å². The Bertz CT molecular complexity index is 1170. The van der Waals surface area contributed by atoms with Gasteiger partial charge in [-0.2, -0.15) is 5.10 Å². The zero-order valence-corrected chi connectivity index (χ0v) is 20.3. The highest BCUT2D eigenvalue weighted by atomic mass is 79.9. The highest BCUT2D eigenvalue weighted by Gasteiger charge is 2.15. The zero-order chi connectivity index (χ0) is 24.3. The number of nitrogens with zero attached hydrogens (tertiary/aromatic N) is 1. The van der Waals surface area contributed by atoms with Crippen molar-refractivity contribution < 1.29 is 23.8 Å². The summed E-state index contributed by atoms with van der Waals surface area (Å²) >= 11 is 3.51. The molecule has 34 heavy (non-hydrogen) atoms. The second-order valence-electron chi connectivity index (χ2n) is 6.89. The van der Waals surface area contributed by atoms with Crippen LogP contribution in [0.2, 0.25) is 0 Å². The fraction of sp³-hybridized carbons (Fsp3) is 0.160. The van der Waals surface area contributed by atoms with Crippen LogP contribution in [0.1, 0.15) is 18.1 Å². The van der Waals surface area contributed by atoms with E-state index in [9.17, 15) is 9.59 Å². The minimum absolute atomic E-state index is 0.379. The van der Waals surface area contributed by atoms with E-state index in [4.69, 9.17) is 14.2 Å². The zero-order valence-electron chi connectivity index (χ0n) is 18.7. The molecule has 0 spiro atoms. The number of hydrogen-bond acceptors (Lipinski definition) is 6. The van der Waals surface area contributed by atoms with Crippen molar-refractivity contribution in [1.82, 2.24) is 5.43 Å². The molecule has 0 saturated heterocycles. The highest BCUT2D eigenvalue weighted by Crippen LogP contribution is 2.37. The molecule has 0 radical (unpaired) electrons. The maximum absolute atomic E-state index is 12.2. The van der Waals surface area contributed by atoms with E-state index in [0.29, 0.717) is 46.2 Å². The van der Waals surface area contributed by atoms with Gasteiger partial charge in [-0.3, -0.25) is 9.59 Å². The lowest BCUT2D eigenvalue weighted by Crippen LogP contribution is -2.32. The van der Waals surface area contributed by atoms with E-state index in [0.717, 1.165) is 5.56 Å². The summed E-state index contributed by atoms with van der Waals surface area (Å²) in [6, 6.07) is 20.1. The van der Waals surface area contributed by atoms with E-state index < -0.39 is 11.8 Å². The average Bonchev–Trinajstić information content (AvgIpc) is 2.84. The van der Waals surface area contributed by atoms with Gasteiger partial charge >= 0.3 is 11.8 Å². The summed E-state index contributed by atoms with van der Waals surface area (Å²) in [5, 5.41) is 6.36. The van der Waals surface area contributed by atoms with Crippen LogP contribution in [0.4, 0.5) is 5.69 Å². The van der Waals surface area contributed by atoms with Gasteiger partial charge in [0, 0.05) is 0 Å². The van der Waals surface area contributed by atoms with Crippen molar-refractivity contribution in [2.24, 2.45) is 5.10 Å². The van der Waals surface area contributed by atoms with Crippen LogP contribution in [-0.2, 0) is 16.2 Å². The van der Waals surface area contributed by atoms with E-state index in [1.54, 1.807) is 36.4 Å². The van der Waals surface area contributed by atoms with Crippen molar-refractivity contribution in [2.45, 2.75) is 13.5 Å². The molecule has 3 rings (SSSR count). The van der Waals surface area contributed by atoms with Gasteiger partial charge in [0.25, 0.3) is 0 Å². The Hall–Kier alpha value is -3.85. The summed E-state index contributed by atoms with van der Waals surface area (Å²) in [5.74, 6) is -0.274. The van der Waals surface area contributed by atoms with Crippen LogP contribution in [0.5, 0.6) is 17.2 Å². The molecule has 2 amide bonds. The third kappa shape index (κ3) is 6.82. The van der Waals surface area contributed by atoms with Gasteiger partial charge in [0.2, 0.25) is 0 Å². The third-order valence-electron chi connectivity index (χ3n) is 4.50. The molecule has 0 aliphatic carbocycles. The van der Waals surface area contributed by atoms with Crippen molar-refractivity contribution in [2.75, 3.05) is 19.0 Å². The quantitative estimate of drug-likeness (QED) is 0.243. The second kappa shape index (κ2) is 12.4. The molecule has 0 atom stereocenters. The van der Waals surface area contributed by atoms with Crippen molar-refractivity contribution >= 4 is 39.6 Å². The first-order valence-electron chi connectivity index (χ1n) is 10.4. The summed E-state index contributed by atoms with van der Waals surface area (Å²) in [5.41, 5.74) is 4.25. The predicted octanol–water partition coefficient (Wildman–Crippen LogP) is 4.52. The highest BCUT2D eigenvalue weighted by molar-refractivity contribution is 9.10. The average molecular weight is 526 g/mol. The van der Waals surface area contributed by atoms with Crippen LogP contribution in [-0.4, -0.2) is 31.7 Å². The lowest BCUT2D eigenvalue weighted by atomic mass is 10.2. The lowest BCUT2D eigenvalue weighted by Gasteiger charge is -2.14. The molecule has 3 aromatic carbocycles. The van der Waals surface area contributed by atoms with Crippen LogP contribution in [0.25, 0.3) is 0 Å². The summed E-state index contributed by atoms with van der Waals surface area (Å²) in [6.45, 7) is 2.69. The molecular formula is C25H24BrN3O5. The topological polar surface area (TPSA) is 98.2 Å². The number of amides is 2. The number of anilines is 1. The number of hydrazone groups is 1. The van der Waals surface area contributed by atoms with Gasteiger partial charge in [-0.1, -0.05) is 42.5 Å². The molecule has 8 nitrogen and oxygen atoms in total. The molecule has 0 fully saturated rings. The monoisotopic (exact) mass is 525 g/mol. The van der Waals surface area contributed by atoms with Gasteiger partial charge in [0.05, 0.1) is 30.1 Å². The third-order valence-corrected chi connectivity index (χ3v) is 5.09. The van der Waals surface area contributed by atoms with Gasteiger partial charge in [-0.05, 0) is 58.2 Å². The standard InChI is InChI=1S/C25H24BrN3O5/c1-3-33-22-14-18(13-19(26)23(22)34-16-17-9-5-4-6-10-17)15-27-29-25(31)24(30)28-20-11-7-8-12-21(20)32-2/h4-15H,3,16H2,1-2H3,(H,28,30)(H,29,31)/b27-15+. The lowest BCUT2D eigenvalue weighted by molar-refractivity contribution is -0.136. The van der Waals surface area contributed by atoms with Crippen molar-refractivity contribution in [3.8, 4) is 17.2 Å². The van der Waals surface area contributed by atoms with Crippen molar-refractivity contribution in [1.29, 1.82) is 0 Å². The summed E-state index contributed by atoms with van der Waals surface area (Å²) in [7, 11) is 1.47. The number of carbonyl (C=O) groups is 2. The maximum Gasteiger partial charge on any atom is 0.329 e. The number of carbonyl (C=O) groups excluding carboxylic acids is 2. The van der Waals surface area contributed by atoms with Crippen molar-refractivity contribution in [3.63, 3.8) is 0 Å². The molecule has 0 bridgehead atoms. The first kappa shape index (κ1) is 24.8. The van der Waals surface area contributed by atoms with Crippen molar-refractivity contribution in [3.05, 3.63) is 82.3 Å². The fourth-order valence-electron chi connectivity index (χ4n) is 2.94. The SMILES string of the molecule is CCOc1cc(/C=N/NC(=O)C(=O)Nc2ccccc2OC)cc(Br)c1OCc1ccccc1. The smallest absolute Gasteiger partial charge is 0.329 e. The summed E-state index contributed by atoms with van der Waals surface area (Å²) < 4.78 is 17.5. The van der Waals surface area contributed by atoms with Crippen LogP contribution >= 0.6 is 15.9 Å². The Labute approximate surface area is 206 Å². The molecule has 3 aromatic rings. The number of ether oxygens (including phenoxy) is 3. The Morgan fingerprint density at radius 2 is 1.71 bits per heavy atom. The Kier molecular flexibility index (Phi) is 9.04. The molecule has 0 aliphatic heterocycles. The van der Waals surface area contributed by atoms with Gasteiger partial charge in [-0.25, -0.2) is 5.43 Å². The Morgan fingerprint density at radius 1 is 0.971 bits per heavy atom. The van der Waals surface area contributed by atoms with E-state index in [1.807, 2.05) is 37.3 Å². The molecule has 2 N–H and O–H groups in total. The molecule has 0 aromatic heterocycles. The molecule has 0 saturated carbocycles. The van der Waals surface area contributed by atoms with E-state index >= 15 is 0 Å². The minimum Gasteiger partial charge on any atom is -0.495 e. The van der Waals surface area contributed by atoms with Crippen LogP contribution in [0, 0.1) is 0 Å². The number of halogens is 1. The normalized spacial score (nSPS) is 10.6. The molecular weight excluding hydrogens is 502 g/mol. The number of para-hydroxylation sites is 2. The second-order valence-corrected chi connectivity index (χ2v) is 7.75. The van der Waals surface area contributed by atoms with Gasteiger partial charge < -0.3 is 19.5 Å². The first-order valence-corrected chi connectivity index (χ1v) is 11.2. The Balaban J connectivity index is 1.65. The first-order chi connectivity index (χ1) is 16.5. The molecule has 0 aliphatic rings. The largest absolute Gasteiger partial charge is 0.495 e. The van der Waals surface area contributed by atoms with Gasteiger partial charge in [-0.15, -0.1) is 0 Å². The van der Waals surface area contributed by atoms with Gasteiger partial charge in [0.1, 0.15) is 12.4 Å². The number of nitrogens with one attached hydrogen (secondary N) is 2. The Morgan fingerprint density at radius 3 is 2.44 bits per heavy atom. The predicted molar refractivity (Wildman–Crippen MR) is 133 cm³/mol. The van der Waals surface area contributed by atoms with E-state index in [-0.39, 0.29) is 0 Å². The van der Waals surface area contributed by atoms with E-state index in [1.165, 1.54) is 13.3 Å². The van der Waals surface area contributed by atoms with Crippen LogP contribution < -0.4 is 25.0 Å². The number of methoxy groups -OCH3 is 1. The number of rotatable bonds is 9. The fourth-order valence-corrected chi connectivity index (χ4v) is 3.51. The minimum atomic E-state index is -0.922. The molecule has 0 unspecified atom stereocenters. The summed E-state index contributed by atoms with van der Waals surface area (Å²) in [6.07, 6.45) is 1.41. The number of hydrogen-bond donors (Lipinski definition) is 2.